The Morgan fingerprint density at radius 1 is 1.44 bits per heavy atom. The number of nitrogens with one attached hydrogen (secondary N) is 1. The number of ether oxygens (including phenoxy) is 1. The van der Waals surface area contributed by atoms with Crippen LogP contribution < -0.4 is 11.1 Å². The molecule has 0 radical (unpaired) electrons. The maximum absolute atomic E-state index is 11.2. The van der Waals surface area contributed by atoms with Crippen molar-refractivity contribution < 1.29 is 14.3 Å². The lowest BCUT2D eigenvalue weighted by molar-refractivity contribution is -0.144. The molecule has 0 aromatic heterocycles. The van der Waals surface area contributed by atoms with E-state index in [0.717, 1.165) is 6.42 Å². The molecule has 0 aliphatic heterocycles. The Morgan fingerprint density at radius 3 is 2.69 bits per heavy atom. The summed E-state index contributed by atoms with van der Waals surface area (Å²) in [6.45, 7) is 4.73. The quantitative estimate of drug-likeness (QED) is 0.597. The van der Waals surface area contributed by atoms with Crippen molar-refractivity contribution in [2.45, 2.75) is 26.3 Å². The molecule has 0 bridgehead atoms. The number of rotatable bonds is 8. The molecule has 0 saturated heterocycles. The Hall–Kier alpha value is -0.750. The number of amides is 1. The van der Waals surface area contributed by atoms with Crippen LogP contribution in [0, 0.1) is 0 Å². The summed E-state index contributed by atoms with van der Waals surface area (Å²) in [7, 11) is 0. The van der Waals surface area contributed by atoms with Gasteiger partial charge in [0.15, 0.2) is 0 Å². The van der Waals surface area contributed by atoms with Crippen LogP contribution in [0.4, 0.5) is 0 Å². The van der Waals surface area contributed by atoms with Gasteiger partial charge in [0.25, 0.3) is 0 Å². The number of hydrogen-bond donors (Lipinski definition) is 2. The van der Waals surface area contributed by atoms with Crippen LogP contribution in [0.15, 0.2) is 0 Å². The van der Waals surface area contributed by atoms with Gasteiger partial charge in [-0.2, -0.15) is 0 Å². The molecule has 0 aromatic rings. The second-order valence-electron chi connectivity index (χ2n) is 3.22. The van der Waals surface area contributed by atoms with Gasteiger partial charge >= 0.3 is 5.97 Å². The number of thioether (sulfide) groups is 1. The SMILES string of the molecule is CCCNC(=O)CSCC(N)C(=O)OCC. The average molecular weight is 248 g/mol. The molecule has 0 fully saturated rings. The monoisotopic (exact) mass is 248 g/mol. The normalized spacial score (nSPS) is 11.9. The second kappa shape index (κ2) is 9.47. The van der Waals surface area contributed by atoms with Crippen molar-refractivity contribution >= 4 is 23.6 Å². The molecule has 0 aliphatic rings. The molecule has 0 saturated carbocycles. The first kappa shape index (κ1) is 15.2. The third kappa shape index (κ3) is 7.53. The van der Waals surface area contributed by atoms with Crippen molar-refractivity contribution in [1.82, 2.24) is 5.32 Å². The Bertz CT molecular complexity index is 224. The van der Waals surface area contributed by atoms with E-state index < -0.39 is 12.0 Å². The molecular formula is C10H20N2O3S. The van der Waals surface area contributed by atoms with Crippen LogP contribution in [0.2, 0.25) is 0 Å². The van der Waals surface area contributed by atoms with Crippen LogP contribution in [0.5, 0.6) is 0 Å². The van der Waals surface area contributed by atoms with Crippen LogP contribution in [-0.2, 0) is 14.3 Å². The summed E-state index contributed by atoms with van der Waals surface area (Å²) in [5.41, 5.74) is 5.56. The molecule has 1 unspecified atom stereocenters. The number of carbonyl (C=O) groups excluding carboxylic acids is 2. The zero-order valence-electron chi connectivity index (χ0n) is 9.82. The van der Waals surface area contributed by atoms with Gasteiger partial charge in [0, 0.05) is 12.3 Å². The van der Waals surface area contributed by atoms with Crippen molar-refractivity contribution in [2.75, 3.05) is 24.7 Å². The Morgan fingerprint density at radius 2 is 2.12 bits per heavy atom. The van der Waals surface area contributed by atoms with Gasteiger partial charge in [0.1, 0.15) is 6.04 Å². The fraction of sp³-hybridized carbons (Fsp3) is 0.800. The van der Waals surface area contributed by atoms with Gasteiger partial charge in [-0.25, -0.2) is 0 Å². The van der Waals surface area contributed by atoms with Gasteiger partial charge < -0.3 is 15.8 Å². The van der Waals surface area contributed by atoms with E-state index in [1.807, 2.05) is 6.92 Å². The van der Waals surface area contributed by atoms with Crippen LogP contribution >= 0.6 is 11.8 Å². The molecule has 1 atom stereocenters. The van der Waals surface area contributed by atoms with E-state index >= 15 is 0 Å². The predicted molar refractivity (Wildman–Crippen MR) is 65.2 cm³/mol. The summed E-state index contributed by atoms with van der Waals surface area (Å²) < 4.78 is 4.75. The maximum Gasteiger partial charge on any atom is 0.323 e. The highest BCUT2D eigenvalue weighted by atomic mass is 32.2. The summed E-state index contributed by atoms with van der Waals surface area (Å²) in [6, 6.07) is -0.649. The Balaban J connectivity index is 3.57. The summed E-state index contributed by atoms with van der Waals surface area (Å²) in [4.78, 5) is 22.3. The van der Waals surface area contributed by atoms with E-state index in [2.05, 4.69) is 5.32 Å². The lowest BCUT2D eigenvalue weighted by atomic mass is 10.4. The van der Waals surface area contributed by atoms with Crippen LogP contribution in [-0.4, -0.2) is 42.6 Å². The van der Waals surface area contributed by atoms with E-state index in [4.69, 9.17) is 10.5 Å². The third-order valence-corrected chi connectivity index (χ3v) is 2.75. The largest absolute Gasteiger partial charge is 0.465 e. The topological polar surface area (TPSA) is 81.4 Å². The summed E-state index contributed by atoms with van der Waals surface area (Å²) >= 11 is 1.34. The van der Waals surface area contributed by atoms with Gasteiger partial charge in [0.2, 0.25) is 5.91 Å². The van der Waals surface area contributed by atoms with Gasteiger partial charge in [-0.1, -0.05) is 6.92 Å². The molecule has 0 aromatic carbocycles. The Labute approximate surface area is 100 Å². The first-order valence-corrected chi connectivity index (χ1v) is 6.53. The number of esters is 1. The van der Waals surface area contributed by atoms with Crippen molar-refractivity contribution in [3.05, 3.63) is 0 Å². The van der Waals surface area contributed by atoms with Gasteiger partial charge in [-0.3, -0.25) is 9.59 Å². The molecule has 0 spiro atoms. The standard InChI is InChI=1S/C10H20N2O3S/c1-3-5-12-9(13)7-16-6-8(11)10(14)15-4-2/h8H,3-7,11H2,1-2H3,(H,12,13). The van der Waals surface area contributed by atoms with Gasteiger partial charge in [-0.15, -0.1) is 11.8 Å². The minimum atomic E-state index is -0.649. The van der Waals surface area contributed by atoms with Crippen molar-refractivity contribution in [1.29, 1.82) is 0 Å². The van der Waals surface area contributed by atoms with Crippen molar-refractivity contribution in [3.63, 3.8) is 0 Å². The molecule has 94 valence electrons. The smallest absolute Gasteiger partial charge is 0.323 e. The number of carbonyl (C=O) groups is 2. The van der Waals surface area contributed by atoms with Crippen LogP contribution in [0.25, 0.3) is 0 Å². The fourth-order valence-electron chi connectivity index (χ4n) is 0.911. The fourth-order valence-corrected chi connectivity index (χ4v) is 1.71. The van der Waals surface area contributed by atoms with Crippen LogP contribution in [0.3, 0.4) is 0 Å². The molecule has 5 nitrogen and oxygen atoms in total. The third-order valence-electron chi connectivity index (χ3n) is 1.69. The van der Waals surface area contributed by atoms with E-state index in [1.165, 1.54) is 11.8 Å². The van der Waals surface area contributed by atoms with Gasteiger partial charge in [0.05, 0.1) is 12.4 Å². The molecule has 3 N–H and O–H groups in total. The highest BCUT2D eigenvalue weighted by molar-refractivity contribution is 8.00. The van der Waals surface area contributed by atoms with Crippen molar-refractivity contribution in [3.8, 4) is 0 Å². The lowest BCUT2D eigenvalue weighted by Crippen LogP contribution is -2.35. The molecule has 1 amide bonds. The Kier molecular flexibility index (Phi) is 9.03. The number of hydrogen-bond acceptors (Lipinski definition) is 5. The first-order chi connectivity index (χ1) is 7.61. The van der Waals surface area contributed by atoms with Crippen LogP contribution in [0.1, 0.15) is 20.3 Å². The predicted octanol–water partition coefficient (Wildman–Crippen LogP) is 0.136. The maximum atomic E-state index is 11.2. The van der Waals surface area contributed by atoms with E-state index in [1.54, 1.807) is 6.92 Å². The molecule has 0 heterocycles. The number of nitrogens with two attached hydrogens (primary N) is 1. The minimum Gasteiger partial charge on any atom is -0.465 e. The average Bonchev–Trinajstić information content (AvgIpc) is 2.26. The highest BCUT2D eigenvalue weighted by Crippen LogP contribution is 2.02. The molecule has 16 heavy (non-hydrogen) atoms. The van der Waals surface area contributed by atoms with Crippen molar-refractivity contribution in [2.24, 2.45) is 5.73 Å². The molecule has 6 heteroatoms. The second-order valence-corrected chi connectivity index (χ2v) is 4.25. The molecule has 0 aliphatic carbocycles. The zero-order chi connectivity index (χ0) is 12.4. The van der Waals surface area contributed by atoms with E-state index in [0.29, 0.717) is 24.7 Å². The lowest BCUT2D eigenvalue weighted by Gasteiger charge is -2.09. The minimum absolute atomic E-state index is 0.0251. The van der Waals surface area contributed by atoms with E-state index in [-0.39, 0.29) is 5.91 Å². The summed E-state index contributed by atoms with van der Waals surface area (Å²) in [5.74, 6) is 0.290. The summed E-state index contributed by atoms with van der Waals surface area (Å²) in [6.07, 6.45) is 0.915. The molecular weight excluding hydrogens is 228 g/mol. The summed E-state index contributed by atoms with van der Waals surface area (Å²) in [5, 5.41) is 2.74. The van der Waals surface area contributed by atoms with Gasteiger partial charge in [-0.05, 0) is 13.3 Å². The molecule has 0 rings (SSSR count). The first-order valence-electron chi connectivity index (χ1n) is 5.38. The highest BCUT2D eigenvalue weighted by Gasteiger charge is 2.14. The zero-order valence-corrected chi connectivity index (χ0v) is 10.6. The van der Waals surface area contributed by atoms with E-state index in [9.17, 15) is 9.59 Å².